The van der Waals surface area contributed by atoms with Gasteiger partial charge in [-0.25, -0.2) is 0 Å². The number of hydrogen-bond acceptors (Lipinski definition) is 6. The van der Waals surface area contributed by atoms with Gasteiger partial charge < -0.3 is 10.3 Å². The summed E-state index contributed by atoms with van der Waals surface area (Å²) in [6.07, 6.45) is -4.03. The number of aryl methyl sites for hydroxylation is 1. The quantitative estimate of drug-likeness (QED) is 0.867. The van der Waals surface area contributed by atoms with Crippen molar-refractivity contribution in [1.29, 1.82) is 0 Å². The summed E-state index contributed by atoms with van der Waals surface area (Å²) >= 11 is 0. The van der Waals surface area contributed by atoms with Crippen LogP contribution in [0.15, 0.2) is 10.7 Å². The van der Waals surface area contributed by atoms with Gasteiger partial charge in [0.05, 0.1) is 19.2 Å². The van der Waals surface area contributed by atoms with Crippen molar-refractivity contribution < 1.29 is 17.7 Å². The van der Waals surface area contributed by atoms with E-state index >= 15 is 0 Å². The molecule has 10 heteroatoms. The Kier molecular flexibility index (Phi) is 3.79. The topological polar surface area (TPSA) is 95.7 Å². The first kappa shape index (κ1) is 13.5. The molecule has 0 unspecified atom stereocenters. The number of aromatic nitrogens is 5. The second kappa shape index (κ2) is 5.34. The van der Waals surface area contributed by atoms with Gasteiger partial charge in [-0.15, -0.1) is 5.10 Å². The number of alkyl halides is 3. The molecule has 2 aromatic heterocycles. The minimum Gasteiger partial charge on any atom is -0.332 e. The molecule has 104 valence electrons. The van der Waals surface area contributed by atoms with Gasteiger partial charge in [0.15, 0.2) is 11.5 Å². The lowest BCUT2D eigenvalue weighted by molar-refractivity contribution is -0.134. The molecule has 0 saturated heterocycles. The van der Waals surface area contributed by atoms with Crippen LogP contribution in [0.5, 0.6) is 0 Å². The molecule has 0 aliphatic carbocycles. The molecule has 0 bridgehead atoms. The predicted octanol–water partition coefficient (Wildman–Crippen LogP) is 0.782. The molecule has 7 nitrogen and oxygen atoms in total. The number of nitrogens with zero attached hydrogens (tertiary/aromatic N) is 5. The normalized spacial score (nSPS) is 12.0. The Morgan fingerprint density at radius 2 is 2.16 bits per heavy atom. The molecule has 0 saturated carbocycles. The van der Waals surface area contributed by atoms with Crippen LogP contribution in [-0.4, -0.2) is 37.9 Å². The van der Waals surface area contributed by atoms with E-state index in [0.717, 1.165) is 0 Å². The van der Waals surface area contributed by atoms with Crippen LogP contribution in [0.3, 0.4) is 0 Å². The number of hydrogen-bond donors (Lipinski definition) is 1. The Hall–Kier alpha value is -1.97. The summed E-state index contributed by atoms with van der Waals surface area (Å²) in [6.45, 7) is 0.867. The van der Waals surface area contributed by atoms with E-state index in [9.17, 15) is 13.2 Å². The molecule has 0 aliphatic rings. The minimum atomic E-state index is -4.24. The highest BCUT2D eigenvalue weighted by Crippen LogP contribution is 2.22. The zero-order chi connectivity index (χ0) is 13.9. The van der Waals surface area contributed by atoms with Crippen molar-refractivity contribution in [2.75, 3.05) is 6.54 Å². The summed E-state index contributed by atoms with van der Waals surface area (Å²) in [5, 5.41) is 11.0. The average Bonchev–Trinajstić information content (AvgIpc) is 2.93. The Bertz CT molecular complexity index is 534. The lowest BCUT2D eigenvalue weighted by Gasteiger charge is -2.01. The average molecular weight is 276 g/mol. The molecule has 2 aromatic rings. The van der Waals surface area contributed by atoms with Gasteiger partial charge in [0.1, 0.15) is 0 Å². The highest BCUT2D eigenvalue weighted by Gasteiger charge is 2.27. The van der Waals surface area contributed by atoms with Crippen molar-refractivity contribution in [3.05, 3.63) is 12.0 Å². The Morgan fingerprint density at radius 1 is 1.37 bits per heavy atom. The molecule has 19 heavy (non-hydrogen) atoms. The minimum absolute atomic E-state index is 0.0132. The maximum absolute atomic E-state index is 12.0. The van der Waals surface area contributed by atoms with E-state index in [2.05, 4.69) is 20.5 Å². The van der Waals surface area contributed by atoms with E-state index in [0.29, 0.717) is 18.8 Å². The molecule has 0 fully saturated rings. The van der Waals surface area contributed by atoms with Crippen LogP contribution in [0.4, 0.5) is 13.2 Å². The van der Waals surface area contributed by atoms with Crippen LogP contribution in [0.2, 0.25) is 0 Å². The fraction of sp³-hybridized carbons (Fsp3) is 0.556. The zero-order valence-electron chi connectivity index (χ0n) is 9.76. The van der Waals surface area contributed by atoms with E-state index in [-0.39, 0.29) is 18.1 Å². The Labute approximate surface area is 105 Å². The van der Waals surface area contributed by atoms with Crippen LogP contribution in [-0.2, 0) is 13.0 Å². The highest BCUT2D eigenvalue weighted by atomic mass is 19.4. The van der Waals surface area contributed by atoms with Crippen molar-refractivity contribution in [3.8, 4) is 11.6 Å². The fourth-order valence-corrected chi connectivity index (χ4v) is 1.35. The SMILES string of the molecule is NCCn1cc(-c2nc(CCC(F)(F)F)no2)nn1. The summed E-state index contributed by atoms with van der Waals surface area (Å²) in [6, 6.07) is 0. The number of halogens is 3. The van der Waals surface area contributed by atoms with Crippen LogP contribution >= 0.6 is 0 Å². The molecule has 2 heterocycles. The molecule has 2 N–H and O–H groups in total. The molecule has 0 aliphatic heterocycles. The van der Waals surface area contributed by atoms with Crippen LogP contribution in [0.25, 0.3) is 11.6 Å². The first-order valence-corrected chi connectivity index (χ1v) is 5.48. The van der Waals surface area contributed by atoms with Crippen molar-refractivity contribution in [2.45, 2.75) is 25.6 Å². The third kappa shape index (κ3) is 3.74. The van der Waals surface area contributed by atoms with Crippen LogP contribution in [0.1, 0.15) is 12.2 Å². The van der Waals surface area contributed by atoms with Crippen molar-refractivity contribution >= 4 is 0 Å². The Balaban J connectivity index is 2.03. The van der Waals surface area contributed by atoms with Crippen LogP contribution in [0, 0.1) is 0 Å². The molecule has 0 amide bonds. The van der Waals surface area contributed by atoms with E-state index < -0.39 is 12.6 Å². The van der Waals surface area contributed by atoms with Crippen molar-refractivity contribution in [3.63, 3.8) is 0 Å². The maximum atomic E-state index is 12.0. The molecule has 0 atom stereocenters. The predicted molar refractivity (Wildman–Crippen MR) is 56.7 cm³/mol. The standard InChI is InChI=1S/C9H11F3N6O/c10-9(11,12)2-1-7-14-8(19-16-7)6-5-18(4-3-13)17-15-6/h5H,1-4,13H2. The third-order valence-electron chi connectivity index (χ3n) is 2.22. The van der Waals surface area contributed by atoms with E-state index in [1.807, 2.05) is 0 Å². The van der Waals surface area contributed by atoms with Gasteiger partial charge in [0.2, 0.25) is 0 Å². The van der Waals surface area contributed by atoms with Gasteiger partial charge in [0.25, 0.3) is 5.89 Å². The van der Waals surface area contributed by atoms with Gasteiger partial charge in [0, 0.05) is 13.0 Å². The Morgan fingerprint density at radius 3 is 2.84 bits per heavy atom. The lowest BCUT2D eigenvalue weighted by Crippen LogP contribution is -2.10. The van der Waals surface area contributed by atoms with Crippen molar-refractivity contribution in [2.24, 2.45) is 5.73 Å². The number of nitrogens with two attached hydrogens (primary N) is 1. The maximum Gasteiger partial charge on any atom is 0.389 e. The van der Waals surface area contributed by atoms with E-state index in [1.165, 1.54) is 10.9 Å². The van der Waals surface area contributed by atoms with E-state index in [4.69, 9.17) is 10.3 Å². The molecular weight excluding hydrogens is 265 g/mol. The molecule has 2 rings (SSSR count). The monoisotopic (exact) mass is 276 g/mol. The molecular formula is C9H11F3N6O. The van der Waals surface area contributed by atoms with E-state index in [1.54, 1.807) is 0 Å². The smallest absolute Gasteiger partial charge is 0.332 e. The summed E-state index contributed by atoms with van der Waals surface area (Å²) in [4.78, 5) is 3.83. The van der Waals surface area contributed by atoms with Gasteiger partial charge in [-0.2, -0.15) is 18.2 Å². The third-order valence-corrected chi connectivity index (χ3v) is 2.22. The second-order valence-corrected chi connectivity index (χ2v) is 3.79. The van der Waals surface area contributed by atoms with Crippen LogP contribution < -0.4 is 5.73 Å². The molecule has 0 aromatic carbocycles. The van der Waals surface area contributed by atoms with Gasteiger partial charge in [-0.05, 0) is 0 Å². The second-order valence-electron chi connectivity index (χ2n) is 3.79. The summed E-state index contributed by atoms with van der Waals surface area (Å²) < 4.78 is 42.4. The number of rotatable bonds is 5. The molecule has 0 spiro atoms. The first-order chi connectivity index (χ1) is 8.98. The van der Waals surface area contributed by atoms with Gasteiger partial charge in [-0.1, -0.05) is 10.4 Å². The highest BCUT2D eigenvalue weighted by molar-refractivity contribution is 5.43. The van der Waals surface area contributed by atoms with Gasteiger partial charge in [-0.3, -0.25) is 4.68 Å². The lowest BCUT2D eigenvalue weighted by atomic mass is 10.3. The zero-order valence-corrected chi connectivity index (χ0v) is 9.76. The van der Waals surface area contributed by atoms with Crippen molar-refractivity contribution in [1.82, 2.24) is 25.1 Å². The first-order valence-electron chi connectivity index (χ1n) is 5.48. The molecule has 0 radical (unpaired) electrons. The summed E-state index contributed by atoms with van der Waals surface area (Å²) in [5.74, 6) is 0.0288. The summed E-state index contributed by atoms with van der Waals surface area (Å²) in [5.41, 5.74) is 5.65. The summed E-state index contributed by atoms with van der Waals surface area (Å²) in [7, 11) is 0. The van der Waals surface area contributed by atoms with Gasteiger partial charge >= 0.3 is 6.18 Å². The fourth-order valence-electron chi connectivity index (χ4n) is 1.35. The largest absolute Gasteiger partial charge is 0.389 e.